The van der Waals surface area contributed by atoms with Crippen molar-refractivity contribution in [1.29, 1.82) is 0 Å². The molecule has 1 fully saturated rings. The van der Waals surface area contributed by atoms with E-state index >= 15 is 0 Å². The Hall–Kier alpha value is -0.300. The number of rotatable bonds is 15. The average molecular weight is 337 g/mol. The normalized spacial score (nSPS) is 22.5. The first kappa shape index (κ1) is 21.7. The Labute approximate surface area is 152 Å². The van der Waals surface area contributed by atoms with E-state index in [1.54, 1.807) is 0 Å². The van der Waals surface area contributed by atoms with Gasteiger partial charge in [0.25, 0.3) is 0 Å². The largest absolute Gasteiger partial charge is 0.396 e. The van der Waals surface area contributed by atoms with E-state index < -0.39 is 0 Å². The summed E-state index contributed by atoms with van der Waals surface area (Å²) < 4.78 is 0. The summed E-state index contributed by atoms with van der Waals surface area (Å²) in [6.07, 6.45) is 25.5. The van der Waals surface area contributed by atoms with Crippen molar-refractivity contribution in [3.05, 3.63) is 12.2 Å². The fourth-order valence-electron chi connectivity index (χ4n) is 4.25. The summed E-state index contributed by atoms with van der Waals surface area (Å²) in [6.45, 7) is 4.86. The molecule has 0 amide bonds. The molecular formula is C23H44O. The second-order valence-electron chi connectivity index (χ2n) is 8.08. The van der Waals surface area contributed by atoms with Crippen LogP contribution in [0.25, 0.3) is 0 Å². The van der Waals surface area contributed by atoms with Gasteiger partial charge in [-0.05, 0) is 56.3 Å². The van der Waals surface area contributed by atoms with Gasteiger partial charge in [-0.2, -0.15) is 0 Å². The molecule has 1 aliphatic rings. The Morgan fingerprint density at radius 1 is 0.958 bits per heavy atom. The van der Waals surface area contributed by atoms with E-state index in [9.17, 15) is 5.11 Å². The van der Waals surface area contributed by atoms with Gasteiger partial charge in [0, 0.05) is 6.61 Å². The van der Waals surface area contributed by atoms with Crippen LogP contribution in [0.4, 0.5) is 0 Å². The van der Waals surface area contributed by atoms with Crippen LogP contribution in [0, 0.1) is 17.8 Å². The van der Waals surface area contributed by atoms with Crippen LogP contribution in [0.1, 0.15) is 110 Å². The number of unbranched alkanes of at least 4 members (excludes halogenated alkanes) is 7. The third-order valence-corrected chi connectivity index (χ3v) is 6.10. The maximum atomic E-state index is 9.23. The number of aliphatic hydroxyl groups is 1. The Morgan fingerprint density at radius 2 is 1.75 bits per heavy atom. The fraction of sp³-hybridized carbons (Fsp3) is 0.913. The Balaban J connectivity index is 2.06. The second kappa shape index (κ2) is 15.0. The lowest BCUT2D eigenvalue weighted by atomic mass is 9.89. The van der Waals surface area contributed by atoms with Crippen LogP contribution in [0.5, 0.6) is 0 Å². The van der Waals surface area contributed by atoms with Gasteiger partial charge in [0.05, 0.1) is 0 Å². The van der Waals surface area contributed by atoms with Crippen LogP contribution >= 0.6 is 0 Å². The molecule has 24 heavy (non-hydrogen) atoms. The Kier molecular flexibility index (Phi) is 13.6. The first-order valence-electron chi connectivity index (χ1n) is 11.1. The minimum Gasteiger partial charge on any atom is -0.396 e. The van der Waals surface area contributed by atoms with Gasteiger partial charge in [-0.1, -0.05) is 83.8 Å². The van der Waals surface area contributed by atoms with E-state index in [2.05, 4.69) is 26.0 Å². The summed E-state index contributed by atoms with van der Waals surface area (Å²) in [6, 6.07) is 0. The van der Waals surface area contributed by atoms with Gasteiger partial charge in [-0.3, -0.25) is 0 Å². The summed E-state index contributed by atoms with van der Waals surface area (Å²) in [5.41, 5.74) is 0. The Morgan fingerprint density at radius 3 is 2.50 bits per heavy atom. The van der Waals surface area contributed by atoms with Crippen molar-refractivity contribution in [2.45, 2.75) is 110 Å². The molecule has 0 aliphatic heterocycles. The first-order chi connectivity index (χ1) is 11.8. The van der Waals surface area contributed by atoms with E-state index in [1.165, 1.54) is 89.9 Å². The maximum absolute atomic E-state index is 9.23. The smallest absolute Gasteiger partial charge is 0.0459 e. The molecule has 3 atom stereocenters. The van der Waals surface area contributed by atoms with E-state index in [1.807, 2.05) is 0 Å². The molecule has 1 aliphatic carbocycles. The van der Waals surface area contributed by atoms with Crippen molar-refractivity contribution in [3.63, 3.8) is 0 Å². The molecule has 0 bridgehead atoms. The fourth-order valence-corrected chi connectivity index (χ4v) is 4.25. The van der Waals surface area contributed by atoms with Crippen LogP contribution in [0.15, 0.2) is 12.2 Å². The summed E-state index contributed by atoms with van der Waals surface area (Å²) in [7, 11) is 0. The molecule has 0 saturated heterocycles. The molecule has 0 aromatic heterocycles. The molecule has 1 rings (SSSR count). The van der Waals surface area contributed by atoms with Gasteiger partial charge in [-0.15, -0.1) is 0 Å². The minimum absolute atomic E-state index is 0.380. The van der Waals surface area contributed by atoms with Gasteiger partial charge < -0.3 is 5.11 Å². The number of aliphatic hydroxyl groups excluding tert-OH is 1. The molecule has 1 N–H and O–H groups in total. The third kappa shape index (κ3) is 9.87. The van der Waals surface area contributed by atoms with Crippen LogP contribution < -0.4 is 0 Å². The van der Waals surface area contributed by atoms with Gasteiger partial charge in [0.2, 0.25) is 0 Å². The lowest BCUT2D eigenvalue weighted by Gasteiger charge is -2.16. The highest BCUT2D eigenvalue weighted by Crippen LogP contribution is 2.36. The van der Waals surface area contributed by atoms with Crippen molar-refractivity contribution in [2.24, 2.45) is 17.8 Å². The summed E-state index contributed by atoms with van der Waals surface area (Å²) >= 11 is 0. The van der Waals surface area contributed by atoms with E-state index in [0.717, 1.165) is 18.3 Å². The average Bonchev–Trinajstić information content (AvgIpc) is 3.05. The molecule has 1 heteroatoms. The minimum atomic E-state index is 0.380. The van der Waals surface area contributed by atoms with Gasteiger partial charge in [0.1, 0.15) is 0 Å². The predicted molar refractivity (Wildman–Crippen MR) is 107 cm³/mol. The SMILES string of the molecule is CCCCCCC=C[C@H]1CCC[C@@H]1CCCCCCC(CC)CO. The molecule has 0 heterocycles. The molecule has 1 saturated carbocycles. The monoisotopic (exact) mass is 336 g/mol. The number of hydrogen-bond acceptors (Lipinski definition) is 1. The summed E-state index contributed by atoms with van der Waals surface area (Å²) in [4.78, 5) is 0. The van der Waals surface area contributed by atoms with Crippen LogP contribution in [-0.2, 0) is 0 Å². The van der Waals surface area contributed by atoms with Gasteiger partial charge >= 0.3 is 0 Å². The zero-order chi connectivity index (χ0) is 17.5. The number of allylic oxidation sites excluding steroid dienone is 2. The lowest BCUT2D eigenvalue weighted by molar-refractivity contribution is 0.211. The van der Waals surface area contributed by atoms with Crippen molar-refractivity contribution in [3.8, 4) is 0 Å². The van der Waals surface area contributed by atoms with Crippen molar-refractivity contribution in [2.75, 3.05) is 6.61 Å². The van der Waals surface area contributed by atoms with Crippen molar-refractivity contribution in [1.82, 2.24) is 0 Å². The first-order valence-corrected chi connectivity index (χ1v) is 11.1. The summed E-state index contributed by atoms with van der Waals surface area (Å²) in [5, 5.41) is 9.23. The predicted octanol–water partition coefficient (Wildman–Crippen LogP) is 7.29. The van der Waals surface area contributed by atoms with Crippen LogP contribution in [0.3, 0.4) is 0 Å². The standard InChI is InChI=1S/C23H44O/c1-3-5-6-7-8-12-16-22-18-14-19-23(22)17-13-10-9-11-15-21(4-2)20-24/h12,16,21-24H,3-11,13-15,17-20H2,1-2H3/t21?,22-,23-/m0/s1. The number of hydrogen-bond donors (Lipinski definition) is 1. The molecule has 142 valence electrons. The molecular weight excluding hydrogens is 292 g/mol. The third-order valence-electron chi connectivity index (χ3n) is 6.10. The van der Waals surface area contributed by atoms with E-state index in [-0.39, 0.29) is 0 Å². The van der Waals surface area contributed by atoms with Gasteiger partial charge in [-0.25, -0.2) is 0 Å². The topological polar surface area (TPSA) is 20.2 Å². The van der Waals surface area contributed by atoms with Crippen molar-refractivity contribution < 1.29 is 5.11 Å². The zero-order valence-corrected chi connectivity index (χ0v) is 16.6. The molecule has 0 aromatic carbocycles. The highest BCUT2D eigenvalue weighted by Gasteiger charge is 2.24. The maximum Gasteiger partial charge on any atom is 0.0459 e. The lowest BCUT2D eigenvalue weighted by Crippen LogP contribution is -2.05. The van der Waals surface area contributed by atoms with E-state index in [0.29, 0.717) is 12.5 Å². The highest BCUT2D eigenvalue weighted by molar-refractivity contribution is 4.94. The Bertz CT molecular complexity index is 292. The second-order valence-corrected chi connectivity index (χ2v) is 8.08. The molecule has 1 unspecified atom stereocenters. The van der Waals surface area contributed by atoms with Crippen LogP contribution in [-0.4, -0.2) is 11.7 Å². The molecule has 1 nitrogen and oxygen atoms in total. The summed E-state index contributed by atoms with van der Waals surface area (Å²) in [5.74, 6) is 2.40. The zero-order valence-electron chi connectivity index (χ0n) is 16.6. The highest BCUT2D eigenvalue weighted by atomic mass is 16.3. The van der Waals surface area contributed by atoms with Crippen molar-refractivity contribution >= 4 is 0 Å². The quantitative estimate of drug-likeness (QED) is 0.246. The molecule has 0 radical (unpaired) electrons. The molecule has 0 aromatic rings. The van der Waals surface area contributed by atoms with Gasteiger partial charge in [0.15, 0.2) is 0 Å². The molecule has 0 spiro atoms. The van der Waals surface area contributed by atoms with E-state index in [4.69, 9.17) is 0 Å². The van der Waals surface area contributed by atoms with Crippen LogP contribution in [0.2, 0.25) is 0 Å².